The lowest BCUT2D eigenvalue weighted by Crippen LogP contribution is -1.96. The first-order valence-corrected chi connectivity index (χ1v) is 6.95. The molecule has 3 rings (SSSR count). The number of nitrogens with zero attached hydrogens (tertiary/aromatic N) is 3. The molecule has 3 aromatic rings. The number of aryl methyl sites for hydroxylation is 3. The molecule has 19 heavy (non-hydrogen) atoms. The summed E-state index contributed by atoms with van der Waals surface area (Å²) in [4.78, 5) is 4.44. The van der Waals surface area contributed by atoms with E-state index in [-0.39, 0.29) is 0 Å². The largest absolute Gasteiger partial charge is 0.231 e. The molecule has 0 saturated carbocycles. The van der Waals surface area contributed by atoms with Crippen molar-refractivity contribution >= 4 is 21.6 Å². The second-order valence-electron chi connectivity index (χ2n) is 4.79. The van der Waals surface area contributed by atoms with E-state index in [0.717, 1.165) is 21.6 Å². The predicted molar refractivity (Wildman–Crippen MR) is 80.3 cm³/mol. The second-order valence-corrected chi connectivity index (χ2v) is 5.55. The van der Waals surface area contributed by atoms with Gasteiger partial charge in [-0.15, -0.1) is 0 Å². The Kier molecular flexibility index (Phi) is 2.90. The molecule has 0 atom stereocenters. The molecule has 3 nitrogen and oxygen atoms in total. The van der Waals surface area contributed by atoms with Gasteiger partial charge >= 0.3 is 0 Å². The molecule has 0 spiro atoms. The third-order valence-electron chi connectivity index (χ3n) is 3.25. The molecule has 0 saturated heterocycles. The molecular weight excluding hydrogens is 302 g/mol. The quantitative estimate of drug-likeness (QED) is 0.677. The number of rotatable bonds is 1. The Morgan fingerprint density at radius 3 is 2.63 bits per heavy atom. The lowest BCUT2D eigenvalue weighted by atomic mass is 10.0. The van der Waals surface area contributed by atoms with Gasteiger partial charge in [0.1, 0.15) is 4.60 Å². The smallest absolute Gasteiger partial charge is 0.155 e. The Morgan fingerprint density at radius 2 is 1.84 bits per heavy atom. The van der Waals surface area contributed by atoms with Gasteiger partial charge in [0.2, 0.25) is 0 Å². The molecule has 0 aliphatic rings. The Hall–Kier alpha value is -1.68. The summed E-state index contributed by atoms with van der Waals surface area (Å²) in [7, 11) is 0. The SMILES string of the molecule is Cc1ccc(C)c(-c2ccc3nc(C)c(Br)n3n2)c1. The lowest BCUT2D eigenvalue weighted by molar-refractivity contribution is 0.918. The summed E-state index contributed by atoms with van der Waals surface area (Å²) in [6.45, 7) is 6.17. The molecule has 0 aliphatic heterocycles. The summed E-state index contributed by atoms with van der Waals surface area (Å²) in [6.07, 6.45) is 0. The van der Waals surface area contributed by atoms with E-state index in [2.05, 4.69) is 58.1 Å². The third-order valence-corrected chi connectivity index (χ3v) is 4.16. The molecule has 4 heteroatoms. The molecular formula is C15H14BrN3. The van der Waals surface area contributed by atoms with E-state index in [1.54, 1.807) is 0 Å². The van der Waals surface area contributed by atoms with Crippen molar-refractivity contribution in [2.75, 3.05) is 0 Å². The minimum absolute atomic E-state index is 0.860. The number of hydrogen-bond acceptors (Lipinski definition) is 2. The minimum Gasteiger partial charge on any atom is -0.231 e. The highest BCUT2D eigenvalue weighted by atomic mass is 79.9. The van der Waals surface area contributed by atoms with Crippen molar-refractivity contribution in [3.05, 3.63) is 51.8 Å². The van der Waals surface area contributed by atoms with Crippen LogP contribution in [-0.4, -0.2) is 14.6 Å². The first-order chi connectivity index (χ1) is 9.06. The highest BCUT2D eigenvalue weighted by molar-refractivity contribution is 9.10. The van der Waals surface area contributed by atoms with Crippen LogP contribution in [0.1, 0.15) is 16.8 Å². The molecule has 0 N–H and O–H groups in total. The van der Waals surface area contributed by atoms with E-state index in [1.807, 2.05) is 23.6 Å². The molecule has 0 amide bonds. The van der Waals surface area contributed by atoms with Crippen LogP contribution in [0.4, 0.5) is 0 Å². The molecule has 2 aromatic heterocycles. The summed E-state index contributed by atoms with van der Waals surface area (Å²) >= 11 is 3.53. The normalized spacial score (nSPS) is 11.2. The van der Waals surface area contributed by atoms with Crippen molar-refractivity contribution in [2.24, 2.45) is 0 Å². The van der Waals surface area contributed by atoms with Crippen LogP contribution in [0.2, 0.25) is 0 Å². The first kappa shape index (κ1) is 12.4. The van der Waals surface area contributed by atoms with Crippen molar-refractivity contribution < 1.29 is 0 Å². The minimum atomic E-state index is 0.860. The topological polar surface area (TPSA) is 30.2 Å². The van der Waals surface area contributed by atoms with E-state index < -0.39 is 0 Å². The zero-order chi connectivity index (χ0) is 13.6. The van der Waals surface area contributed by atoms with Crippen molar-refractivity contribution in [2.45, 2.75) is 20.8 Å². The Balaban J connectivity index is 2.25. The van der Waals surface area contributed by atoms with Gasteiger partial charge in [-0.05, 0) is 60.5 Å². The average molecular weight is 316 g/mol. The molecule has 2 heterocycles. The van der Waals surface area contributed by atoms with Gasteiger partial charge in [-0.25, -0.2) is 9.50 Å². The van der Waals surface area contributed by atoms with Gasteiger partial charge in [-0.1, -0.05) is 17.7 Å². The van der Waals surface area contributed by atoms with Crippen molar-refractivity contribution in [1.29, 1.82) is 0 Å². The van der Waals surface area contributed by atoms with E-state index >= 15 is 0 Å². The van der Waals surface area contributed by atoms with Crippen LogP contribution in [0.15, 0.2) is 34.9 Å². The van der Waals surface area contributed by atoms with E-state index in [4.69, 9.17) is 0 Å². The third kappa shape index (κ3) is 2.06. The number of imidazole rings is 1. The lowest BCUT2D eigenvalue weighted by Gasteiger charge is -2.07. The fourth-order valence-corrected chi connectivity index (χ4v) is 2.52. The van der Waals surface area contributed by atoms with E-state index in [1.165, 1.54) is 16.7 Å². The monoisotopic (exact) mass is 315 g/mol. The Bertz CT molecular complexity index is 774. The van der Waals surface area contributed by atoms with E-state index in [0.29, 0.717) is 0 Å². The zero-order valence-corrected chi connectivity index (χ0v) is 12.7. The molecule has 96 valence electrons. The Labute approximate surface area is 120 Å². The number of halogens is 1. The number of hydrogen-bond donors (Lipinski definition) is 0. The average Bonchev–Trinajstić information content (AvgIpc) is 2.68. The van der Waals surface area contributed by atoms with Crippen LogP contribution in [-0.2, 0) is 0 Å². The van der Waals surface area contributed by atoms with Crippen molar-refractivity contribution in [3.63, 3.8) is 0 Å². The molecule has 0 bridgehead atoms. The van der Waals surface area contributed by atoms with Gasteiger partial charge in [-0.2, -0.15) is 5.10 Å². The van der Waals surface area contributed by atoms with Crippen LogP contribution in [0.3, 0.4) is 0 Å². The van der Waals surface area contributed by atoms with Crippen LogP contribution in [0, 0.1) is 20.8 Å². The van der Waals surface area contributed by atoms with Crippen LogP contribution in [0.5, 0.6) is 0 Å². The van der Waals surface area contributed by atoms with E-state index in [9.17, 15) is 0 Å². The summed E-state index contributed by atoms with van der Waals surface area (Å²) < 4.78 is 2.75. The van der Waals surface area contributed by atoms with Crippen molar-refractivity contribution in [3.8, 4) is 11.3 Å². The molecule has 0 fully saturated rings. The van der Waals surface area contributed by atoms with Crippen LogP contribution in [0.25, 0.3) is 16.9 Å². The molecule has 1 aromatic carbocycles. The Morgan fingerprint density at radius 1 is 1.05 bits per heavy atom. The van der Waals surface area contributed by atoms with Gasteiger partial charge in [0.05, 0.1) is 11.4 Å². The predicted octanol–water partition coefficient (Wildman–Crippen LogP) is 4.08. The maximum Gasteiger partial charge on any atom is 0.155 e. The van der Waals surface area contributed by atoms with Crippen LogP contribution >= 0.6 is 15.9 Å². The molecule has 0 unspecified atom stereocenters. The van der Waals surface area contributed by atoms with Crippen LogP contribution < -0.4 is 0 Å². The van der Waals surface area contributed by atoms with Gasteiger partial charge < -0.3 is 0 Å². The second kappa shape index (κ2) is 4.46. The van der Waals surface area contributed by atoms with Gasteiger partial charge in [0.25, 0.3) is 0 Å². The van der Waals surface area contributed by atoms with Gasteiger partial charge in [0, 0.05) is 5.56 Å². The van der Waals surface area contributed by atoms with Crippen molar-refractivity contribution in [1.82, 2.24) is 14.6 Å². The maximum absolute atomic E-state index is 4.68. The fourth-order valence-electron chi connectivity index (χ4n) is 2.17. The number of fused-ring (bicyclic) bond motifs is 1. The molecule has 0 aliphatic carbocycles. The highest BCUT2D eigenvalue weighted by Crippen LogP contribution is 2.24. The number of aromatic nitrogens is 3. The van der Waals surface area contributed by atoms with Gasteiger partial charge in [-0.3, -0.25) is 0 Å². The first-order valence-electron chi connectivity index (χ1n) is 6.16. The summed E-state index contributed by atoms with van der Waals surface area (Å²) in [5.74, 6) is 0. The zero-order valence-electron chi connectivity index (χ0n) is 11.1. The fraction of sp³-hybridized carbons (Fsp3) is 0.200. The standard InChI is InChI=1S/C15H14BrN3/c1-9-4-5-10(2)12(8-9)13-6-7-14-17-11(3)15(16)19(14)18-13/h4-8H,1-3H3. The summed E-state index contributed by atoms with van der Waals surface area (Å²) in [6, 6.07) is 10.4. The summed E-state index contributed by atoms with van der Waals surface area (Å²) in [5, 5.41) is 4.68. The summed E-state index contributed by atoms with van der Waals surface area (Å²) in [5.41, 5.74) is 6.41. The molecule has 0 radical (unpaired) electrons. The number of benzene rings is 1. The van der Waals surface area contributed by atoms with Gasteiger partial charge in [0.15, 0.2) is 5.65 Å². The highest BCUT2D eigenvalue weighted by Gasteiger charge is 2.10. The maximum atomic E-state index is 4.68.